The number of aromatic hydroxyl groups is 1. The molecule has 0 unspecified atom stereocenters. The van der Waals surface area contributed by atoms with E-state index in [-0.39, 0.29) is 16.9 Å². The van der Waals surface area contributed by atoms with Crippen LogP contribution in [0.15, 0.2) is 57.7 Å². The van der Waals surface area contributed by atoms with E-state index in [1.54, 1.807) is 12.1 Å². The number of benzene rings is 3. The van der Waals surface area contributed by atoms with Gasteiger partial charge in [0.2, 0.25) is 5.43 Å². The molecule has 0 fully saturated rings. The molecule has 1 heterocycles. The molecule has 0 bridgehead atoms. The van der Waals surface area contributed by atoms with Crippen molar-refractivity contribution < 1.29 is 19.0 Å². The Labute approximate surface area is 155 Å². The molecule has 27 heavy (non-hydrogen) atoms. The van der Waals surface area contributed by atoms with Crippen molar-refractivity contribution in [3.05, 3.63) is 64.3 Å². The lowest BCUT2D eigenvalue weighted by molar-refractivity contribution is 0.373. The van der Waals surface area contributed by atoms with E-state index in [1.807, 2.05) is 31.2 Å². The van der Waals surface area contributed by atoms with E-state index in [0.29, 0.717) is 17.1 Å². The Balaban J connectivity index is 2.24. The molecule has 0 radical (unpaired) electrons. The lowest BCUT2D eigenvalue weighted by Crippen LogP contribution is -2.06. The van der Waals surface area contributed by atoms with Crippen LogP contribution in [-0.2, 0) is 0 Å². The van der Waals surface area contributed by atoms with Crippen LogP contribution in [0.1, 0.15) is 5.56 Å². The molecular formula is C22H18O5. The van der Waals surface area contributed by atoms with Crippen LogP contribution in [0.2, 0.25) is 0 Å². The first-order valence-corrected chi connectivity index (χ1v) is 8.45. The molecule has 0 saturated heterocycles. The number of hydrogen-bond acceptors (Lipinski definition) is 5. The Morgan fingerprint density at radius 2 is 1.67 bits per heavy atom. The summed E-state index contributed by atoms with van der Waals surface area (Å²) < 4.78 is 16.5. The highest BCUT2D eigenvalue weighted by Crippen LogP contribution is 2.44. The van der Waals surface area contributed by atoms with Gasteiger partial charge in [-0.05, 0) is 30.2 Å². The molecule has 0 spiro atoms. The predicted molar refractivity (Wildman–Crippen MR) is 104 cm³/mol. The van der Waals surface area contributed by atoms with E-state index >= 15 is 0 Å². The van der Waals surface area contributed by atoms with Gasteiger partial charge in [0.05, 0.1) is 14.2 Å². The normalized spacial score (nSPS) is 11.1. The largest absolute Gasteiger partial charge is 0.504 e. The van der Waals surface area contributed by atoms with Crippen LogP contribution < -0.4 is 14.9 Å². The number of rotatable bonds is 3. The summed E-state index contributed by atoms with van der Waals surface area (Å²) in [6.45, 7) is 2.02. The van der Waals surface area contributed by atoms with E-state index < -0.39 is 0 Å². The zero-order valence-corrected chi connectivity index (χ0v) is 15.2. The third-order valence-electron chi connectivity index (χ3n) is 4.72. The average Bonchev–Trinajstić information content (AvgIpc) is 2.66. The molecule has 1 aliphatic carbocycles. The van der Waals surface area contributed by atoms with Crippen molar-refractivity contribution in [1.29, 1.82) is 0 Å². The van der Waals surface area contributed by atoms with Crippen molar-refractivity contribution in [3.63, 3.8) is 0 Å². The minimum atomic E-state index is -0.262. The third-order valence-corrected chi connectivity index (χ3v) is 4.72. The quantitative estimate of drug-likeness (QED) is 0.540. The van der Waals surface area contributed by atoms with Crippen molar-refractivity contribution in [2.75, 3.05) is 14.2 Å². The molecule has 2 aromatic rings. The first-order valence-electron chi connectivity index (χ1n) is 8.45. The molecule has 0 amide bonds. The van der Waals surface area contributed by atoms with Crippen LogP contribution >= 0.6 is 0 Å². The number of aryl methyl sites for hydroxylation is 1. The van der Waals surface area contributed by atoms with Crippen LogP contribution in [0.25, 0.3) is 33.4 Å². The lowest BCUT2D eigenvalue weighted by Gasteiger charge is -2.18. The first kappa shape index (κ1) is 17.0. The molecule has 2 aliphatic rings. The van der Waals surface area contributed by atoms with Crippen LogP contribution in [0, 0.1) is 6.92 Å². The fraction of sp³-hybridized carbons (Fsp3) is 0.136. The summed E-state index contributed by atoms with van der Waals surface area (Å²) in [4.78, 5) is 12.2. The molecule has 0 saturated carbocycles. The van der Waals surface area contributed by atoms with E-state index in [9.17, 15) is 9.90 Å². The third kappa shape index (κ3) is 2.68. The minimum absolute atomic E-state index is 0.0281. The van der Waals surface area contributed by atoms with E-state index in [4.69, 9.17) is 13.9 Å². The summed E-state index contributed by atoms with van der Waals surface area (Å²) in [5, 5.41) is 10.9. The van der Waals surface area contributed by atoms with Gasteiger partial charge < -0.3 is 19.0 Å². The maximum Gasteiger partial charge on any atom is 0.224 e. The number of ether oxygens (including phenoxy) is 2. The van der Waals surface area contributed by atoms with Crippen LogP contribution in [0.3, 0.4) is 0 Å². The lowest BCUT2D eigenvalue weighted by atomic mass is 9.91. The Kier molecular flexibility index (Phi) is 4.00. The molecule has 0 atom stereocenters. The highest BCUT2D eigenvalue weighted by Gasteiger charge is 2.22. The van der Waals surface area contributed by atoms with Crippen molar-refractivity contribution in [3.8, 4) is 39.7 Å². The van der Waals surface area contributed by atoms with Crippen molar-refractivity contribution in [2.24, 2.45) is 0 Å². The molecule has 5 heteroatoms. The van der Waals surface area contributed by atoms with Crippen LogP contribution in [0.5, 0.6) is 17.2 Å². The smallest absolute Gasteiger partial charge is 0.224 e. The Morgan fingerprint density at radius 1 is 0.926 bits per heavy atom. The number of hydrogen-bond donors (Lipinski definition) is 1. The summed E-state index contributed by atoms with van der Waals surface area (Å²) in [6, 6.07) is 14.3. The van der Waals surface area contributed by atoms with Gasteiger partial charge in [-0.25, -0.2) is 0 Å². The van der Waals surface area contributed by atoms with Crippen molar-refractivity contribution in [1.82, 2.24) is 0 Å². The minimum Gasteiger partial charge on any atom is -0.504 e. The van der Waals surface area contributed by atoms with Gasteiger partial charge in [0.1, 0.15) is 11.3 Å². The Hall–Kier alpha value is -3.47. The van der Waals surface area contributed by atoms with Gasteiger partial charge in [0.15, 0.2) is 17.2 Å². The van der Waals surface area contributed by atoms with Gasteiger partial charge in [-0.2, -0.15) is 0 Å². The first-order chi connectivity index (χ1) is 13.0. The summed E-state index contributed by atoms with van der Waals surface area (Å²) in [5.74, 6) is 0.993. The monoisotopic (exact) mass is 362 g/mol. The van der Waals surface area contributed by atoms with Gasteiger partial charge in [0, 0.05) is 28.6 Å². The second-order valence-corrected chi connectivity index (χ2v) is 6.31. The molecular weight excluding hydrogens is 344 g/mol. The SMILES string of the molecule is COc1cc2c(-c3ccccc3C)c3cc(OC)c(=O)cc-3oc2cc1O. The van der Waals surface area contributed by atoms with Crippen molar-refractivity contribution >= 4 is 11.0 Å². The van der Waals surface area contributed by atoms with Gasteiger partial charge in [-0.3, -0.25) is 4.79 Å². The molecule has 0 aromatic heterocycles. The molecule has 1 N–H and O–H groups in total. The van der Waals surface area contributed by atoms with Gasteiger partial charge in [-0.1, -0.05) is 24.3 Å². The zero-order chi connectivity index (χ0) is 19.1. The van der Waals surface area contributed by atoms with Crippen LogP contribution in [-0.4, -0.2) is 19.3 Å². The van der Waals surface area contributed by atoms with E-state index in [2.05, 4.69) is 0 Å². The van der Waals surface area contributed by atoms with Gasteiger partial charge in [0.25, 0.3) is 0 Å². The number of phenols is 1. The molecule has 2 aromatic carbocycles. The number of fused-ring (bicyclic) bond motifs is 2. The maximum atomic E-state index is 12.2. The molecule has 5 nitrogen and oxygen atoms in total. The highest BCUT2D eigenvalue weighted by molar-refractivity contribution is 6.03. The standard InChI is InChI=1S/C22H18O5/c1-12-6-4-5-7-13(12)22-14-8-20(25-2)16(23)10-18(14)27-19-11-17(24)21(26-3)9-15(19)22/h4-11,23H,1-3H3. The fourth-order valence-corrected chi connectivity index (χ4v) is 3.38. The van der Waals surface area contributed by atoms with E-state index in [0.717, 1.165) is 27.6 Å². The number of phenolic OH excluding ortho intramolecular Hbond substituents is 1. The Bertz CT molecular complexity index is 1190. The topological polar surface area (TPSA) is 68.9 Å². The molecule has 4 rings (SSSR count). The van der Waals surface area contributed by atoms with Gasteiger partial charge >= 0.3 is 0 Å². The summed E-state index contributed by atoms with van der Waals surface area (Å²) >= 11 is 0. The second kappa shape index (κ2) is 6.36. The summed E-state index contributed by atoms with van der Waals surface area (Å²) in [6.07, 6.45) is 0. The summed E-state index contributed by atoms with van der Waals surface area (Å²) in [7, 11) is 2.97. The Morgan fingerprint density at radius 3 is 2.37 bits per heavy atom. The number of methoxy groups -OCH3 is 2. The van der Waals surface area contributed by atoms with Crippen LogP contribution in [0.4, 0.5) is 0 Å². The maximum absolute atomic E-state index is 12.2. The van der Waals surface area contributed by atoms with Gasteiger partial charge in [-0.15, -0.1) is 0 Å². The predicted octanol–water partition coefficient (Wildman–Crippen LogP) is 4.60. The highest BCUT2D eigenvalue weighted by atomic mass is 16.5. The molecule has 1 aliphatic heterocycles. The van der Waals surface area contributed by atoms with E-state index in [1.165, 1.54) is 26.4 Å². The van der Waals surface area contributed by atoms with Crippen molar-refractivity contribution in [2.45, 2.75) is 6.92 Å². The summed E-state index contributed by atoms with van der Waals surface area (Å²) in [5.41, 5.74) is 3.91. The molecule has 136 valence electrons. The second-order valence-electron chi connectivity index (χ2n) is 6.31. The fourth-order valence-electron chi connectivity index (χ4n) is 3.38. The average molecular weight is 362 g/mol. The zero-order valence-electron chi connectivity index (χ0n) is 15.2.